The number of esters is 1. The minimum Gasteiger partial charge on any atom is -0.496 e. The van der Waals surface area contributed by atoms with E-state index >= 15 is 0 Å². The summed E-state index contributed by atoms with van der Waals surface area (Å²) < 4.78 is 10.5. The largest absolute Gasteiger partial charge is 0.496 e. The zero-order valence-electron chi connectivity index (χ0n) is 13.2. The Labute approximate surface area is 139 Å². The summed E-state index contributed by atoms with van der Waals surface area (Å²) in [5, 5.41) is 0. The van der Waals surface area contributed by atoms with E-state index in [1.54, 1.807) is 55.1 Å². The number of ether oxygens (including phenoxy) is 2. The lowest BCUT2D eigenvalue weighted by atomic mass is 10.1. The number of thioether (sulfide) groups is 1. The third-order valence-corrected chi connectivity index (χ3v) is 4.07. The summed E-state index contributed by atoms with van der Waals surface area (Å²) in [6, 6.07) is 14.0. The summed E-state index contributed by atoms with van der Waals surface area (Å²) in [7, 11) is 1.49. The highest BCUT2D eigenvalue weighted by molar-refractivity contribution is 7.98. The predicted octanol–water partition coefficient (Wildman–Crippen LogP) is 3.85. The summed E-state index contributed by atoms with van der Waals surface area (Å²) in [5.74, 6) is -0.383. The zero-order valence-corrected chi connectivity index (χ0v) is 14.1. The molecule has 0 N–H and O–H groups in total. The monoisotopic (exact) mass is 330 g/mol. The number of carbonyl (C=O) groups is 2. The first-order valence-electron chi connectivity index (χ1n) is 7.09. The molecule has 0 aromatic heterocycles. The van der Waals surface area contributed by atoms with Crippen molar-refractivity contribution in [2.75, 3.05) is 13.4 Å². The molecule has 0 amide bonds. The maximum Gasteiger partial charge on any atom is 0.342 e. The Balaban J connectivity index is 2.14. The summed E-state index contributed by atoms with van der Waals surface area (Å²) in [5.41, 5.74) is 0.815. The van der Waals surface area contributed by atoms with Crippen LogP contribution in [0.4, 0.5) is 0 Å². The minimum absolute atomic E-state index is 0.237. The van der Waals surface area contributed by atoms with E-state index in [0.717, 1.165) is 4.90 Å². The normalized spacial score (nSPS) is 11.6. The van der Waals surface area contributed by atoms with E-state index in [1.165, 1.54) is 7.11 Å². The Kier molecular flexibility index (Phi) is 5.82. The molecule has 0 aliphatic heterocycles. The van der Waals surface area contributed by atoms with Crippen molar-refractivity contribution < 1.29 is 19.1 Å². The van der Waals surface area contributed by atoms with Crippen LogP contribution in [0.2, 0.25) is 0 Å². The molecule has 5 heteroatoms. The molecule has 0 spiro atoms. The first-order chi connectivity index (χ1) is 11.1. The lowest BCUT2D eigenvalue weighted by Crippen LogP contribution is -2.24. The van der Waals surface area contributed by atoms with Crippen molar-refractivity contribution >= 4 is 23.5 Å². The molecular formula is C18H18O4S. The SMILES string of the molecule is COc1cc(SC)ccc1C(=O)O[C@@H](C)C(=O)c1ccccc1. The third-order valence-electron chi connectivity index (χ3n) is 3.34. The van der Waals surface area contributed by atoms with Crippen molar-refractivity contribution in [1.82, 2.24) is 0 Å². The zero-order chi connectivity index (χ0) is 16.8. The molecule has 0 aliphatic carbocycles. The van der Waals surface area contributed by atoms with Gasteiger partial charge >= 0.3 is 5.97 Å². The van der Waals surface area contributed by atoms with E-state index < -0.39 is 12.1 Å². The summed E-state index contributed by atoms with van der Waals surface area (Å²) in [6.07, 6.45) is 1.07. The molecule has 0 bridgehead atoms. The minimum atomic E-state index is -0.866. The highest BCUT2D eigenvalue weighted by Gasteiger charge is 2.22. The van der Waals surface area contributed by atoms with Gasteiger partial charge in [-0.15, -0.1) is 11.8 Å². The first-order valence-corrected chi connectivity index (χ1v) is 8.31. The molecule has 0 aliphatic rings. The molecule has 0 fully saturated rings. The van der Waals surface area contributed by atoms with Crippen LogP contribution in [-0.4, -0.2) is 31.2 Å². The van der Waals surface area contributed by atoms with Gasteiger partial charge in [0, 0.05) is 10.5 Å². The maximum absolute atomic E-state index is 12.3. The third kappa shape index (κ3) is 4.13. The molecule has 2 rings (SSSR count). The number of benzene rings is 2. The van der Waals surface area contributed by atoms with Gasteiger partial charge < -0.3 is 9.47 Å². The molecule has 120 valence electrons. The molecule has 0 unspecified atom stereocenters. The Bertz CT molecular complexity index is 697. The van der Waals surface area contributed by atoms with Gasteiger partial charge in [0.15, 0.2) is 6.10 Å². The van der Waals surface area contributed by atoms with E-state index in [-0.39, 0.29) is 5.78 Å². The van der Waals surface area contributed by atoms with Gasteiger partial charge in [-0.05, 0) is 31.4 Å². The molecule has 2 aromatic rings. The van der Waals surface area contributed by atoms with Gasteiger partial charge in [0.25, 0.3) is 0 Å². The van der Waals surface area contributed by atoms with Crippen LogP contribution < -0.4 is 4.74 Å². The van der Waals surface area contributed by atoms with Gasteiger partial charge in [-0.2, -0.15) is 0 Å². The Morgan fingerprint density at radius 1 is 1.09 bits per heavy atom. The molecule has 23 heavy (non-hydrogen) atoms. The highest BCUT2D eigenvalue weighted by atomic mass is 32.2. The van der Waals surface area contributed by atoms with Crippen molar-refractivity contribution in [3.63, 3.8) is 0 Å². The van der Waals surface area contributed by atoms with E-state index in [2.05, 4.69) is 0 Å². The number of methoxy groups -OCH3 is 1. The Morgan fingerprint density at radius 3 is 2.39 bits per heavy atom. The average molecular weight is 330 g/mol. The Hall–Kier alpha value is -2.27. The fraction of sp³-hybridized carbons (Fsp3) is 0.222. The van der Waals surface area contributed by atoms with Crippen molar-refractivity contribution in [3.05, 3.63) is 59.7 Å². The number of carbonyl (C=O) groups excluding carboxylic acids is 2. The van der Waals surface area contributed by atoms with Crippen LogP contribution in [-0.2, 0) is 4.74 Å². The van der Waals surface area contributed by atoms with E-state index in [9.17, 15) is 9.59 Å². The quantitative estimate of drug-likeness (QED) is 0.457. The summed E-state index contributed by atoms with van der Waals surface area (Å²) in [4.78, 5) is 25.5. The number of hydrogen-bond acceptors (Lipinski definition) is 5. The van der Waals surface area contributed by atoms with E-state index in [4.69, 9.17) is 9.47 Å². The van der Waals surface area contributed by atoms with Crippen molar-refractivity contribution in [2.24, 2.45) is 0 Å². The average Bonchev–Trinajstić information content (AvgIpc) is 2.60. The van der Waals surface area contributed by atoms with E-state index in [0.29, 0.717) is 16.9 Å². The number of hydrogen-bond donors (Lipinski definition) is 0. The fourth-order valence-electron chi connectivity index (χ4n) is 2.08. The molecule has 2 aromatic carbocycles. The first kappa shape index (κ1) is 17.1. The van der Waals surface area contributed by atoms with Crippen LogP contribution >= 0.6 is 11.8 Å². The predicted molar refractivity (Wildman–Crippen MR) is 90.4 cm³/mol. The molecule has 4 nitrogen and oxygen atoms in total. The van der Waals surface area contributed by atoms with Gasteiger partial charge in [-0.3, -0.25) is 4.79 Å². The number of rotatable bonds is 6. The molecule has 0 saturated heterocycles. The lowest BCUT2D eigenvalue weighted by molar-refractivity contribution is 0.0316. The fourth-order valence-corrected chi connectivity index (χ4v) is 2.51. The van der Waals surface area contributed by atoms with Crippen molar-refractivity contribution in [1.29, 1.82) is 0 Å². The van der Waals surface area contributed by atoms with Crippen LogP contribution in [0.5, 0.6) is 5.75 Å². The van der Waals surface area contributed by atoms with Crippen molar-refractivity contribution in [3.8, 4) is 5.75 Å². The second-order valence-corrected chi connectivity index (χ2v) is 5.72. The summed E-state index contributed by atoms with van der Waals surface area (Å²) in [6.45, 7) is 1.57. The van der Waals surface area contributed by atoms with Gasteiger partial charge in [0.1, 0.15) is 11.3 Å². The van der Waals surface area contributed by atoms with Crippen molar-refractivity contribution in [2.45, 2.75) is 17.9 Å². The molecular weight excluding hydrogens is 312 g/mol. The molecule has 1 atom stereocenters. The molecule has 0 heterocycles. The lowest BCUT2D eigenvalue weighted by Gasteiger charge is -2.14. The van der Waals surface area contributed by atoms with Gasteiger partial charge in [0.2, 0.25) is 5.78 Å². The highest BCUT2D eigenvalue weighted by Crippen LogP contribution is 2.26. The second kappa shape index (κ2) is 7.83. The summed E-state index contributed by atoms with van der Waals surface area (Å²) >= 11 is 1.55. The van der Waals surface area contributed by atoms with Gasteiger partial charge in [0.05, 0.1) is 7.11 Å². The molecule has 0 radical (unpaired) electrons. The van der Waals surface area contributed by atoms with Crippen LogP contribution in [0, 0.1) is 0 Å². The van der Waals surface area contributed by atoms with Crippen LogP contribution in [0.25, 0.3) is 0 Å². The number of Topliss-reactive ketones (excluding diaryl/α,β-unsaturated/α-hetero) is 1. The standard InChI is InChI=1S/C18H18O4S/c1-12(17(19)13-7-5-4-6-8-13)22-18(20)15-10-9-14(23-3)11-16(15)21-2/h4-12H,1-3H3/t12-/m0/s1. The van der Waals surface area contributed by atoms with Crippen LogP contribution in [0.3, 0.4) is 0 Å². The number of ketones is 1. The Morgan fingerprint density at radius 2 is 1.78 bits per heavy atom. The topological polar surface area (TPSA) is 52.6 Å². The smallest absolute Gasteiger partial charge is 0.342 e. The van der Waals surface area contributed by atoms with E-state index in [1.807, 2.05) is 18.4 Å². The molecule has 0 saturated carbocycles. The second-order valence-electron chi connectivity index (χ2n) is 4.84. The van der Waals surface area contributed by atoms with Gasteiger partial charge in [-0.25, -0.2) is 4.79 Å². The van der Waals surface area contributed by atoms with Crippen LogP contribution in [0.1, 0.15) is 27.6 Å². The van der Waals surface area contributed by atoms with Crippen LogP contribution in [0.15, 0.2) is 53.4 Å². The maximum atomic E-state index is 12.3. The van der Waals surface area contributed by atoms with Gasteiger partial charge in [-0.1, -0.05) is 30.3 Å².